The number of hydrogen-bond donors (Lipinski definition) is 0. The van der Waals surface area contributed by atoms with Gasteiger partial charge in [-0.1, -0.05) is 48.5 Å². The summed E-state index contributed by atoms with van der Waals surface area (Å²) in [6.07, 6.45) is 1.31. The maximum absolute atomic E-state index is 5.34. The van der Waals surface area contributed by atoms with E-state index in [4.69, 9.17) is 11.6 Å². The Labute approximate surface area is 78.3 Å². The van der Waals surface area contributed by atoms with E-state index in [1.54, 1.807) is 0 Å². The van der Waals surface area contributed by atoms with Gasteiger partial charge in [0, 0.05) is 5.88 Å². The van der Waals surface area contributed by atoms with Crippen LogP contribution in [0, 0.1) is 11.8 Å². The average molecular weight is 181 g/mol. The minimum Gasteiger partial charge on any atom is -0.126 e. The zero-order chi connectivity index (χ0) is 8.57. The second kappa shape index (κ2) is 12.9. The Morgan fingerprint density at radius 2 is 1.18 bits per heavy atom. The van der Waals surface area contributed by atoms with Gasteiger partial charge in [-0.25, -0.2) is 0 Å². The Morgan fingerprint density at radius 1 is 1.00 bits per heavy atom. The smallest absolute Gasteiger partial charge is 0.0246 e. The quantitative estimate of drug-likeness (QED) is 0.547. The Kier molecular flexibility index (Phi) is 20.4. The molecule has 11 heavy (non-hydrogen) atoms. The molecule has 0 radical (unpaired) electrons. The van der Waals surface area contributed by atoms with Gasteiger partial charge < -0.3 is 0 Å². The van der Waals surface area contributed by atoms with Crippen LogP contribution in [-0.4, -0.2) is 5.88 Å². The summed E-state index contributed by atoms with van der Waals surface area (Å²) in [4.78, 5) is 0. The van der Waals surface area contributed by atoms with E-state index in [-0.39, 0.29) is 7.43 Å². The van der Waals surface area contributed by atoms with Crippen LogP contribution in [-0.2, 0) is 0 Å². The first kappa shape index (κ1) is 17.4. The van der Waals surface area contributed by atoms with Gasteiger partial charge in [0.25, 0.3) is 0 Å². The van der Waals surface area contributed by atoms with E-state index in [9.17, 15) is 0 Å². The number of rotatable bonds is 2. The summed E-state index contributed by atoms with van der Waals surface area (Å²) in [5.74, 6) is 2.31. The van der Waals surface area contributed by atoms with Gasteiger partial charge in [-0.2, -0.15) is 0 Å². The Balaban J connectivity index is -0.000000107. The zero-order valence-electron chi connectivity index (χ0n) is 7.95. The van der Waals surface area contributed by atoms with Crippen LogP contribution in [0.3, 0.4) is 0 Å². The summed E-state index contributed by atoms with van der Waals surface area (Å²) in [6.45, 7) is 10.8. The predicted molar refractivity (Wildman–Crippen MR) is 57.4 cm³/mol. The Morgan fingerprint density at radius 3 is 1.18 bits per heavy atom. The normalized spacial score (nSPS) is 8.73. The molecule has 0 aromatic heterocycles. The van der Waals surface area contributed by atoms with E-state index in [0.717, 1.165) is 11.8 Å². The molecule has 0 rings (SSSR count). The lowest BCUT2D eigenvalue weighted by Gasteiger charge is -1.90. The summed E-state index contributed by atoms with van der Waals surface area (Å²) >= 11 is 5.34. The van der Waals surface area contributed by atoms with Gasteiger partial charge in [0.05, 0.1) is 0 Å². The highest BCUT2D eigenvalue weighted by molar-refractivity contribution is 6.17. The third-order valence-electron chi connectivity index (χ3n) is 1.13. The van der Waals surface area contributed by atoms with Crippen LogP contribution < -0.4 is 0 Å². The molecule has 0 spiro atoms. The van der Waals surface area contributed by atoms with E-state index >= 15 is 0 Å². The van der Waals surface area contributed by atoms with E-state index in [1.165, 1.54) is 6.42 Å². The molecule has 0 N–H and O–H groups in total. The molecule has 0 atom stereocenters. The molecule has 0 saturated heterocycles. The molecule has 72 valence electrons. The van der Waals surface area contributed by atoms with Crippen LogP contribution in [0.1, 0.15) is 48.5 Å². The van der Waals surface area contributed by atoms with Crippen LogP contribution in [0.2, 0.25) is 0 Å². The first-order valence-corrected chi connectivity index (χ1v) is 4.63. The molecule has 0 aromatic carbocycles. The number of halogens is 1. The molecule has 1 heteroatoms. The molecule has 0 fully saturated rings. The zero-order valence-corrected chi connectivity index (χ0v) is 8.70. The van der Waals surface area contributed by atoms with Crippen molar-refractivity contribution in [2.45, 2.75) is 48.5 Å². The fourth-order valence-electron chi connectivity index (χ4n) is 0. The van der Waals surface area contributed by atoms with Gasteiger partial charge in [-0.15, -0.1) is 11.6 Å². The van der Waals surface area contributed by atoms with Crippen LogP contribution in [0.4, 0.5) is 0 Å². The standard InChI is InChI=1S/C5H12.C4H9Cl.CH4/c1-4-5(2)3;1-4(2)3-5;/h5H,4H2,1-3H3;4H,3H2,1-2H3;1H4. The van der Waals surface area contributed by atoms with Crippen LogP contribution in [0.25, 0.3) is 0 Å². The lowest BCUT2D eigenvalue weighted by Crippen LogP contribution is -1.83. The van der Waals surface area contributed by atoms with E-state index in [1.807, 2.05) is 0 Å². The third kappa shape index (κ3) is 38.4. The molecule has 0 aliphatic carbocycles. The predicted octanol–water partition coefficient (Wildman–Crippen LogP) is 4.57. The summed E-state index contributed by atoms with van der Waals surface area (Å²) in [6, 6.07) is 0. The average Bonchev–Trinajstić information content (AvgIpc) is 1.89. The highest BCUT2D eigenvalue weighted by Gasteiger charge is 1.82. The first-order chi connectivity index (χ1) is 4.54. The maximum atomic E-state index is 5.34. The summed E-state index contributed by atoms with van der Waals surface area (Å²) < 4.78 is 0. The van der Waals surface area contributed by atoms with Crippen molar-refractivity contribution in [3.05, 3.63) is 0 Å². The molecule has 0 saturated carbocycles. The van der Waals surface area contributed by atoms with Gasteiger partial charge in [0.15, 0.2) is 0 Å². The number of hydrogen-bond acceptors (Lipinski definition) is 0. The Hall–Kier alpha value is 0.290. The second-order valence-corrected chi connectivity index (χ2v) is 3.66. The van der Waals surface area contributed by atoms with E-state index in [2.05, 4.69) is 34.6 Å². The molecule has 0 bridgehead atoms. The molecular formula is C10H25Cl. The second-order valence-electron chi connectivity index (χ2n) is 3.35. The van der Waals surface area contributed by atoms with Gasteiger partial charge in [-0.05, 0) is 11.8 Å². The van der Waals surface area contributed by atoms with Crippen molar-refractivity contribution in [1.29, 1.82) is 0 Å². The SMILES string of the molecule is C.CC(C)CCl.CCC(C)C. The fraction of sp³-hybridized carbons (Fsp3) is 1.00. The largest absolute Gasteiger partial charge is 0.126 e. The van der Waals surface area contributed by atoms with Crippen molar-refractivity contribution < 1.29 is 0 Å². The van der Waals surface area contributed by atoms with Crippen molar-refractivity contribution in [3.63, 3.8) is 0 Å². The van der Waals surface area contributed by atoms with Crippen LogP contribution >= 0.6 is 11.6 Å². The molecule has 0 unspecified atom stereocenters. The highest BCUT2D eigenvalue weighted by Crippen LogP contribution is 1.93. The third-order valence-corrected chi connectivity index (χ3v) is 1.74. The first-order valence-electron chi connectivity index (χ1n) is 4.10. The van der Waals surface area contributed by atoms with Crippen molar-refractivity contribution in [2.24, 2.45) is 11.8 Å². The van der Waals surface area contributed by atoms with Crippen molar-refractivity contribution in [2.75, 3.05) is 5.88 Å². The van der Waals surface area contributed by atoms with Gasteiger partial charge in [0.1, 0.15) is 0 Å². The minimum absolute atomic E-state index is 0. The molecular weight excluding hydrogens is 156 g/mol. The summed E-state index contributed by atoms with van der Waals surface area (Å²) in [5, 5.41) is 0. The summed E-state index contributed by atoms with van der Waals surface area (Å²) in [5.41, 5.74) is 0. The van der Waals surface area contributed by atoms with Crippen LogP contribution in [0.5, 0.6) is 0 Å². The van der Waals surface area contributed by atoms with E-state index < -0.39 is 0 Å². The van der Waals surface area contributed by atoms with Crippen LogP contribution in [0.15, 0.2) is 0 Å². The molecule has 0 nitrogen and oxygen atoms in total. The summed E-state index contributed by atoms with van der Waals surface area (Å²) in [7, 11) is 0. The van der Waals surface area contributed by atoms with E-state index in [0.29, 0.717) is 5.92 Å². The van der Waals surface area contributed by atoms with Crippen molar-refractivity contribution >= 4 is 11.6 Å². The van der Waals surface area contributed by atoms with Crippen molar-refractivity contribution in [3.8, 4) is 0 Å². The highest BCUT2D eigenvalue weighted by atomic mass is 35.5. The molecule has 0 aliphatic heterocycles. The number of alkyl halides is 1. The topological polar surface area (TPSA) is 0 Å². The molecule has 0 heterocycles. The van der Waals surface area contributed by atoms with Gasteiger partial charge >= 0.3 is 0 Å². The van der Waals surface area contributed by atoms with Crippen molar-refractivity contribution in [1.82, 2.24) is 0 Å². The minimum atomic E-state index is 0. The molecule has 0 aromatic rings. The van der Waals surface area contributed by atoms with Gasteiger partial charge in [-0.3, -0.25) is 0 Å². The fourth-order valence-corrected chi connectivity index (χ4v) is 0. The molecule has 0 amide bonds. The maximum Gasteiger partial charge on any atom is 0.0246 e. The molecule has 0 aliphatic rings. The lowest BCUT2D eigenvalue weighted by molar-refractivity contribution is 0.626. The van der Waals surface area contributed by atoms with Gasteiger partial charge in [0.2, 0.25) is 0 Å². The monoisotopic (exact) mass is 180 g/mol. The lowest BCUT2D eigenvalue weighted by atomic mass is 10.2. The Bertz CT molecular complexity index is 40.8.